The smallest absolute Gasteiger partial charge is 0.270 e. The number of amides is 1. The third-order valence-electron chi connectivity index (χ3n) is 5.07. The van der Waals surface area contributed by atoms with E-state index in [0.29, 0.717) is 54.0 Å². The predicted molar refractivity (Wildman–Crippen MR) is 103 cm³/mol. The molecule has 3 aromatic rings. The minimum Gasteiger partial charge on any atom is -0.366 e. The molecule has 1 aliphatic rings. The average Bonchev–Trinajstić information content (AvgIpc) is 3.10. The van der Waals surface area contributed by atoms with Crippen molar-refractivity contribution in [1.82, 2.24) is 9.88 Å². The summed E-state index contributed by atoms with van der Waals surface area (Å²) < 4.78 is 27.7. The van der Waals surface area contributed by atoms with Gasteiger partial charge in [-0.3, -0.25) is 9.59 Å². The Balaban J connectivity index is 1.46. The Labute approximate surface area is 160 Å². The lowest BCUT2D eigenvalue weighted by Crippen LogP contribution is -2.49. The first-order chi connectivity index (χ1) is 13.4. The fourth-order valence-corrected chi connectivity index (χ4v) is 3.52. The highest BCUT2D eigenvalue weighted by Crippen LogP contribution is 2.23. The molecule has 2 heterocycles. The van der Waals surface area contributed by atoms with Crippen LogP contribution >= 0.6 is 0 Å². The summed E-state index contributed by atoms with van der Waals surface area (Å²) in [5.41, 5.74) is 1.88. The van der Waals surface area contributed by atoms with E-state index in [4.69, 9.17) is 0 Å². The number of hydrogen-bond donors (Lipinski definition) is 1. The monoisotopic (exact) mass is 383 g/mol. The molecule has 0 spiro atoms. The Morgan fingerprint density at radius 1 is 0.964 bits per heavy atom. The molecule has 1 saturated heterocycles. The van der Waals surface area contributed by atoms with Crippen molar-refractivity contribution in [3.8, 4) is 0 Å². The number of carbonyl (C=O) groups is 2. The lowest BCUT2D eigenvalue weighted by atomic mass is 10.1. The molecule has 5 nitrogen and oxygen atoms in total. The van der Waals surface area contributed by atoms with E-state index >= 15 is 0 Å². The molecule has 1 N–H and O–H groups in total. The molecule has 0 radical (unpaired) electrons. The zero-order valence-electron chi connectivity index (χ0n) is 15.3. The third-order valence-corrected chi connectivity index (χ3v) is 5.07. The second-order valence-electron chi connectivity index (χ2n) is 6.92. The molecule has 0 aliphatic carbocycles. The van der Waals surface area contributed by atoms with Crippen LogP contribution in [0.4, 0.5) is 14.5 Å². The molecule has 28 heavy (non-hydrogen) atoms. The van der Waals surface area contributed by atoms with Crippen LogP contribution in [-0.4, -0.2) is 47.8 Å². The quantitative estimate of drug-likeness (QED) is 0.703. The number of piperazine rings is 1. The fourth-order valence-electron chi connectivity index (χ4n) is 3.52. The van der Waals surface area contributed by atoms with Gasteiger partial charge in [0.1, 0.15) is 17.3 Å². The lowest BCUT2D eigenvalue weighted by molar-refractivity contribution is 0.0741. The number of rotatable bonds is 3. The summed E-state index contributed by atoms with van der Waals surface area (Å²) in [5.74, 6) is -1.13. The van der Waals surface area contributed by atoms with Gasteiger partial charge in [0.15, 0.2) is 5.78 Å². The highest BCUT2D eigenvalue weighted by Gasteiger charge is 2.25. The number of fused-ring (bicyclic) bond motifs is 1. The van der Waals surface area contributed by atoms with Crippen LogP contribution in [0.1, 0.15) is 27.8 Å². The van der Waals surface area contributed by atoms with Gasteiger partial charge in [-0.05, 0) is 49.4 Å². The van der Waals surface area contributed by atoms with Gasteiger partial charge in [-0.15, -0.1) is 0 Å². The van der Waals surface area contributed by atoms with E-state index in [2.05, 4.69) is 4.98 Å². The maximum Gasteiger partial charge on any atom is 0.270 e. The predicted octanol–water partition coefficient (Wildman–Crippen LogP) is 3.61. The molecule has 4 rings (SSSR count). The molecule has 7 heteroatoms. The largest absolute Gasteiger partial charge is 0.366 e. The van der Waals surface area contributed by atoms with Gasteiger partial charge >= 0.3 is 0 Å². The zero-order chi connectivity index (χ0) is 19.8. The molecular formula is C21H19F2N3O2. The van der Waals surface area contributed by atoms with E-state index in [-0.39, 0.29) is 17.5 Å². The minimum atomic E-state index is -0.440. The number of nitrogens with zero attached hydrogens (tertiary/aromatic N) is 2. The van der Waals surface area contributed by atoms with Crippen LogP contribution in [0.3, 0.4) is 0 Å². The fraction of sp³-hybridized carbons (Fsp3) is 0.238. The van der Waals surface area contributed by atoms with E-state index in [1.807, 2.05) is 4.90 Å². The maximum atomic E-state index is 14.4. The number of aromatic amines is 1. The Bertz CT molecular complexity index is 1070. The summed E-state index contributed by atoms with van der Waals surface area (Å²) in [7, 11) is 0. The molecule has 1 aliphatic heterocycles. The number of H-pyrrole nitrogens is 1. The van der Waals surface area contributed by atoms with Crippen molar-refractivity contribution in [2.24, 2.45) is 0 Å². The van der Waals surface area contributed by atoms with Crippen LogP contribution < -0.4 is 4.90 Å². The summed E-state index contributed by atoms with van der Waals surface area (Å²) in [6, 6.07) is 10.4. The number of halogens is 2. The SMILES string of the molecule is CC(=O)c1ccc(N2CCN(C(=O)c3cc4cc(F)ccc4[nH]3)CC2)c(F)c1. The summed E-state index contributed by atoms with van der Waals surface area (Å²) in [5, 5.41) is 0.648. The van der Waals surface area contributed by atoms with Gasteiger partial charge in [0.05, 0.1) is 5.69 Å². The highest BCUT2D eigenvalue weighted by molar-refractivity contribution is 5.98. The summed E-state index contributed by atoms with van der Waals surface area (Å²) in [6.45, 7) is 3.25. The van der Waals surface area contributed by atoms with E-state index in [9.17, 15) is 18.4 Å². The number of aromatic nitrogens is 1. The molecule has 144 valence electrons. The van der Waals surface area contributed by atoms with Gasteiger partial charge in [0.25, 0.3) is 5.91 Å². The summed E-state index contributed by atoms with van der Waals surface area (Å²) in [4.78, 5) is 30.7. The standard InChI is InChI=1S/C21H19F2N3O2/c1-13(27)14-2-5-20(17(23)11-14)25-6-8-26(9-7-25)21(28)19-12-15-10-16(22)3-4-18(15)24-19/h2-5,10-12,24H,6-9H2,1H3. The van der Waals surface area contributed by atoms with Crippen molar-refractivity contribution < 1.29 is 18.4 Å². The Kier molecular flexibility index (Phi) is 4.58. The van der Waals surface area contributed by atoms with E-state index < -0.39 is 5.82 Å². The maximum absolute atomic E-state index is 14.4. The van der Waals surface area contributed by atoms with Crippen LogP contribution in [0.2, 0.25) is 0 Å². The lowest BCUT2D eigenvalue weighted by Gasteiger charge is -2.36. The second-order valence-corrected chi connectivity index (χ2v) is 6.92. The Morgan fingerprint density at radius 3 is 2.39 bits per heavy atom. The first kappa shape index (κ1) is 18.2. The van der Waals surface area contributed by atoms with Crippen LogP contribution in [0, 0.1) is 11.6 Å². The van der Waals surface area contributed by atoms with Crippen LogP contribution in [0.5, 0.6) is 0 Å². The van der Waals surface area contributed by atoms with E-state index in [1.165, 1.54) is 25.1 Å². The summed E-state index contributed by atoms with van der Waals surface area (Å²) >= 11 is 0. The highest BCUT2D eigenvalue weighted by atomic mass is 19.1. The van der Waals surface area contributed by atoms with Crippen molar-refractivity contribution in [1.29, 1.82) is 0 Å². The minimum absolute atomic E-state index is 0.163. The first-order valence-corrected chi connectivity index (χ1v) is 9.05. The van der Waals surface area contributed by atoms with Crippen molar-refractivity contribution in [2.45, 2.75) is 6.92 Å². The molecule has 0 saturated carbocycles. The number of nitrogens with one attached hydrogen (secondary N) is 1. The van der Waals surface area contributed by atoms with E-state index in [1.54, 1.807) is 29.2 Å². The van der Waals surface area contributed by atoms with Gasteiger partial charge in [-0.25, -0.2) is 8.78 Å². The van der Waals surface area contributed by atoms with Crippen LogP contribution in [-0.2, 0) is 0 Å². The molecular weight excluding hydrogens is 364 g/mol. The van der Waals surface area contributed by atoms with Gasteiger partial charge in [0.2, 0.25) is 0 Å². The van der Waals surface area contributed by atoms with Crippen molar-refractivity contribution >= 4 is 28.3 Å². The van der Waals surface area contributed by atoms with Gasteiger partial charge in [0, 0.05) is 42.6 Å². The number of Topliss-reactive ketones (excluding diaryl/α,β-unsaturated/α-hetero) is 1. The summed E-state index contributed by atoms with van der Waals surface area (Å²) in [6.07, 6.45) is 0. The van der Waals surface area contributed by atoms with Crippen molar-refractivity contribution in [3.05, 3.63) is 65.4 Å². The average molecular weight is 383 g/mol. The molecule has 0 unspecified atom stereocenters. The van der Waals surface area contributed by atoms with E-state index in [0.717, 1.165) is 0 Å². The molecule has 0 bridgehead atoms. The third kappa shape index (κ3) is 3.35. The first-order valence-electron chi connectivity index (χ1n) is 9.05. The van der Waals surface area contributed by atoms with Crippen LogP contribution in [0.15, 0.2) is 42.5 Å². The van der Waals surface area contributed by atoms with Gasteiger partial charge in [-0.2, -0.15) is 0 Å². The molecule has 0 atom stereocenters. The number of anilines is 1. The number of carbonyl (C=O) groups excluding carboxylic acids is 2. The van der Waals surface area contributed by atoms with Gasteiger partial charge in [-0.1, -0.05) is 0 Å². The normalized spacial score (nSPS) is 14.5. The van der Waals surface area contributed by atoms with Crippen molar-refractivity contribution in [2.75, 3.05) is 31.1 Å². The van der Waals surface area contributed by atoms with Gasteiger partial charge < -0.3 is 14.8 Å². The molecule has 1 fully saturated rings. The van der Waals surface area contributed by atoms with Crippen LogP contribution in [0.25, 0.3) is 10.9 Å². The topological polar surface area (TPSA) is 56.4 Å². The Morgan fingerprint density at radius 2 is 1.71 bits per heavy atom. The number of ketones is 1. The Hall–Kier alpha value is -3.22. The zero-order valence-corrected chi connectivity index (χ0v) is 15.3. The second kappa shape index (κ2) is 7.07. The molecule has 2 aromatic carbocycles. The number of hydrogen-bond acceptors (Lipinski definition) is 3. The number of benzene rings is 2. The van der Waals surface area contributed by atoms with Crippen molar-refractivity contribution in [3.63, 3.8) is 0 Å². The molecule has 1 aromatic heterocycles. The molecule has 1 amide bonds.